The van der Waals surface area contributed by atoms with Gasteiger partial charge in [0.15, 0.2) is 0 Å². The Labute approximate surface area is 225 Å². The lowest BCUT2D eigenvalue weighted by Gasteiger charge is -2.26. The van der Waals surface area contributed by atoms with Gasteiger partial charge in [0.1, 0.15) is 11.3 Å². The molecule has 0 radical (unpaired) electrons. The molecule has 0 bridgehead atoms. The van der Waals surface area contributed by atoms with Gasteiger partial charge in [-0.2, -0.15) is 13.2 Å². The van der Waals surface area contributed by atoms with Crippen molar-refractivity contribution in [1.82, 2.24) is 25.2 Å². The van der Waals surface area contributed by atoms with Crippen molar-refractivity contribution in [1.29, 1.82) is 0 Å². The summed E-state index contributed by atoms with van der Waals surface area (Å²) in [5.74, 6) is 0.749. The largest absolute Gasteiger partial charge is 0.418 e. The maximum atomic E-state index is 13.4. The van der Waals surface area contributed by atoms with Gasteiger partial charge in [0.2, 0.25) is 5.91 Å². The minimum absolute atomic E-state index is 0.0253. The second-order valence-corrected chi connectivity index (χ2v) is 11.2. The second kappa shape index (κ2) is 10.9. The van der Waals surface area contributed by atoms with Gasteiger partial charge in [0.05, 0.1) is 17.5 Å². The number of fused-ring (bicyclic) bond motifs is 2. The summed E-state index contributed by atoms with van der Waals surface area (Å²) in [4.78, 5) is 27.1. The number of benzene rings is 1. The van der Waals surface area contributed by atoms with Crippen molar-refractivity contribution in [3.63, 3.8) is 0 Å². The van der Waals surface area contributed by atoms with E-state index in [4.69, 9.17) is 4.74 Å². The van der Waals surface area contributed by atoms with E-state index < -0.39 is 11.7 Å². The second-order valence-electron chi connectivity index (χ2n) is 11.2. The quantitative estimate of drug-likeness (QED) is 0.476. The predicted molar refractivity (Wildman–Crippen MR) is 140 cm³/mol. The van der Waals surface area contributed by atoms with Gasteiger partial charge in [-0.25, -0.2) is 4.98 Å². The molecule has 0 spiro atoms. The highest BCUT2D eigenvalue weighted by Crippen LogP contribution is 2.40. The molecule has 4 heterocycles. The van der Waals surface area contributed by atoms with E-state index in [1.54, 1.807) is 6.07 Å². The van der Waals surface area contributed by atoms with Crippen LogP contribution in [-0.2, 0) is 28.5 Å². The van der Waals surface area contributed by atoms with Crippen LogP contribution in [0.2, 0.25) is 0 Å². The van der Waals surface area contributed by atoms with Crippen LogP contribution in [0.5, 0.6) is 0 Å². The number of para-hydroxylation sites is 1. The number of ether oxygens (including phenoxy) is 1. The standard InChI is InChI=1S/C29H34F3N5O2/c30-29(31,32)23-4-1-5-24-28(23)36-26(34-24)14-27(38)35-25-17-37(21-3-2-11-39-12-9-21)16-20(25)13-18-6-7-19-15-33-10-8-22(18)19/h1,4-5,8,10,15,18,20-21,25H,2-3,6-7,9,11-14,16-17H2,(H,34,36)(H,35,38)/t18?,20-,21?,25?/m0/s1. The van der Waals surface area contributed by atoms with Gasteiger partial charge in [0.25, 0.3) is 0 Å². The Bertz CT molecular complexity index is 1320. The summed E-state index contributed by atoms with van der Waals surface area (Å²) in [5.41, 5.74) is 2.03. The number of nitrogens with zero attached hydrogens (tertiary/aromatic N) is 3. The van der Waals surface area contributed by atoms with Gasteiger partial charge in [-0.05, 0) is 79.7 Å². The van der Waals surface area contributed by atoms with E-state index in [1.807, 2.05) is 12.4 Å². The molecule has 2 fully saturated rings. The molecule has 1 aliphatic carbocycles. The van der Waals surface area contributed by atoms with Gasteiger partial charge >= 0.3 is 6.18 Å². The van der Waals surface area contributed by atoms with Gasteiger partial charge < -0.3 is 15.0 Å². The summed E-state index contributed by atoms with van der Waals surface area (Å²) in [6.45, 7) is 3.26. The molecule has 2 aromatic heterocycles. The van der Waals surface area contributed by atoms with Gasteiger partial charge in [-0.1, -0.05) is 6.07 Å². The number of alkyl halides is 3. The number of imidazole rings is 1. The Kier molecular flexibility index (Phi) is 7.33. The molecular formula is C29H34F3N5O2. The smallest absolute Gasteiger partial charge is 0.381 e. The highest BCUT2D eigenvalue weighted by Gasteiger charge is 2.39. The zero-order valence-electron chi connectivity index (χ0n) is 21.8. The first kappa shape index (κ1) is 26.3. The summed E-state index contributed by atoms with van der Waals surface area (Å²) in [7, 11) is 0. The lowest BCUT2D eigenvalue weighted by Crippen LogP contribution is -2.42. The van der Waals surface area contributed by atoms with E-state index in [0.29, 0.717) is 12.0 Å². The van der Waals surface area contributed by atoms with Crippen molar-refractivity contribution in [2.24, 2.45) is 5.92 Å². The van der Waals surface area contributed by atoms with Gasteiger partial charge in [0, 0.05) is 50.8 Å². The number of amides is 1. The maximum absolute atomic E-state index is 13.4. The molecule has 3 aliphatic rings. The Morgan fingerprint density at radius 3 is 2.92 bits per heavy atom. The van der Waals surface area contributed by atoms with Crippen LogP contribution in [0, 0.1) is 5.92 Å². The third-order valence-corrected chi connectivity index (χ3v) is 8.68. The molecule has 10 heteroatoms. The average molecular weight is 542 g/mol. The Morgan fingerprint density at radius 1 is 1.15 bits per heavy atom. The Balaban J connectivity index is 1.17. The van der Waals surface area contributed by atoms with Crippen molar-refractivity contribution >= 4 is 16.9 Å². The topological polar surface area (TPSA) is 83.1 Å². The zero-order valence-corrected chi connectivity index (χ0v) is 21.8. The fraction of sp³-hybridized carbons (Fsp3) is 0.552. The van der Waals surface area contributed by atoms with E-state index in [2.05, 4.69) is 31.2 Å². The molecule has 1 amide bonds. The first-order chi connectivity index (χ1) is 18.8. The number of halogens is 3. The number of aromatic nitrogens is 3. The third kappa shape index (κ3) is 5.68. The molecule has 4 atom stereocenters. The molecule has 6 rings (SSSR count). The number of hydrogen-bond donors (Lipinski definition) is 2. The Morgan fingerprint density at radius 2 is 2.05 bits per heavy atom. The molecule has 3 aromatic rings. The highest BCUT2D eigenvalue weighted by molar-refractivity contribution is 5.82. The number of carbonyl (C=O) groups excluding carboxylic acids is 1. The molecule has 2 saturated heterocycles. The molecular weight excluding hydrogens is 507 g/mol. The van der Waals surface area contributed by atoms with Crippen LogP contribution in [0.4, 0.5) is 13.2 Å². The van der Waals surface area contributed by atoms with Crippen molar-refractivity contribution in [3.05, 3.63) is 59.2 Å². The fourth-order valence-corrected chi connectivity index (χ4v) is 6.80. The SMILES string of the molecule is O=C(Cc1nc2c(C(F)(F)F)cccc2[nH]1)NC1CN(C2CCCOCC2)C[C@@H]1CC1CCc2cnccc21. The molecule has 3 unspecified atom stereocenters. The molecule has 208 valence electrons. The lowest BCUT2D eigenvalue weighted by atomic mass is 9.87. The number of aromatic amines is 1. The van der Waals surface area contributed by atoms with E-state index >= 15 is 0 Å². The van der Waals surface area contributed by atoms with Gasteiger partial charge in [-0.3, -0.25) is 14.7 Å². The zero-order chi connectivity index (χ0) is 27.0. The first-order valence-electron chi connectivity index (χ1n) is 13.9. The summed E-state index contributed by atoms with van der Waals surface area (Å²) in [5, 5.41) is 3.24. The molecule has 1 aromatic carbocycles. The van der Waals surface area contributed by atoms with Crippen LogP contribution in [-0.4, -0.2) is 64.1 Å². The van der Waals surface area contributed by atoms with Crippen molar-refractivity contribution in [3.8, 4) is 0 Å². The minimum atomic E-state index is -4.51. The summed E-state index contributed by atoms with van der Waals surface area (Å²) < 4.78 is 46.0. The third-order valence-electron chi connectivity index (χ3n) is 8.68. The van der Waals surface area contributed by atoms with Crippen molar-refractivity contribution in [2.45, 2.75) is 69.1 Å². The number of aryl methyl sites for hydroxylation is 1. The summed E-state index contributed by atoms with van der Waals surface area (Å²) >= 11 is 0. The number of H-pyrrole nitrogens is 1. The predicted octanol–water partition coefficient (Wildman–Crippen LogP) is 4.63. The van der Waals surface area contributed by atoms with Crippen LogP contribution in [0.25, 0.3) is 11.0 Å². The summed E-state index contributed by atoms with van der Waals surface area (Å²) in [6, 6.07) is 6.46. The first-order valence-corrected chi connectivity index (χ1v) is 13.9. The fourth-order valence-electron chi connectivity index (χ4n) is 6.80. The molecule has 2 aliphatic heterocycles. The van der Waals surface area contributed by atoms with Crippen molar-refractivity contribution < 1.29 is 22.7 Å². The van der Waals surface area contributed by atoms with E-state index in [9.17, 15) is 18.0 Å². The number of pyridine rings is 1. The number of rotatable bonds is 6. The Hall–Kier alpha value is -2.98. The van der Waals surface area contributed by atoms with Crippen LogP contribution in [0.1, 0.15) is 60.5 Å². The van der Waals surface area contributed by atoms with Crippen LogP contribution in [0.3, 0.4) is 0 Å². The van der Waals surface area contributed by atoms with Crippen LogP contribution in [0.15, 0.2) is 36.7 Å². The van der Waals surface area contributed by atoms with Gasteiger partial charge in [-0.15, -0.1) is 0 Å². The number of nitrogens with one attached hydrogen (secondary N) is 2. The van der Waals surface area contributed by atoms with Crippen molar-refractivity contribution in [2.75, 3.05) is 26.3 Å². The molecule has 0 saturated carbocycles. The van der Waals surface area contributed by atoms with E-state index in [-0.39, 0.29) is 41.1 Å². The van der Waals surface area contributed by atoms with Crippen LogP contribution >= 0.6 is 0 Å². The number of carbonyl (C=O) groups is 1. The minimum Gasteiger partial charge on any atom is -0.381 e. The molecule has 2 N–H and O–H groups in total. The van der Waals surface area contributed by atoms with Crippen LogP contribution < -0.4 is 5.32 Å². The molecule has 39 heavy (non-hydrogen) atoms. The maximum Gasteiger partial charge on any atom is 0.418 e. The number of likely N-dealkylation sites (tertiary alicyclic amines) is 1. The summed E-state index contributed by atoms with van der Waals surface area (Å²) in [6.07, 6.45) is 5.47. The monoisotopic (exact) mass is 541 g/mol. The molecule has 7 nitrogen and oxygen atoms in total. The highest BCUT2D eigenvalue weighted by atomic mass is 19.4. The normalized spacial score (nSPS) is 26.0. The average Bonchev–Trinajstić information content (AvgIpc) is 3.54. The lowest BCUT2D eigenvalue weighted by molar-refractivity contribution is -0.136. The van der Waals surface area contributed by atoms with E-state index in [1.165, 1.54) is 17.2 Å². The number of hydrogen-bond acceptors (Lipinski definition) is 5. The van der Waals surface area contributed by atoms with E-state index in [0.717, 1.165) is 70.9 Å².